The van der Waals surface area contributed by atoms with Gasteiger partial charge in [0.25, 0.3) is 0 Å². The van der Waals surface area contributed by atoms with Crippen molar-refractivity contribution in [1.29, 1.82) is 0 Å². The SMILES string of the molecule is C=C(/C=C\C(N)=C(C)C=NCCO)NC(N=CCOCc1c(F)c(OC)cc(OC)c1F)=NC. The molecular weight excluding hydrogens is 448 g/mol. The molecule has 9 nitrogen and oxygen atoms in total. The zero-order valence-corrected chi connectivity index (χ0v) is 19.8. The second-order valence-electron chi connectivity index (χ2n) is 6.64. The van der Waals surface area contributed by atoms with Gasteiger partial charge < -0.3 is 30.4 Å². The molecule has 0 aliphatic carbocycles. The molecule has 34 heavy (non-hydrogen) atoms. The van der Waals surface area contributed by atoms with Gasteiger partial charge in [0.05, 0.1) is 46.1 Å². The molecule has 0 unspecified atom stereocenters. The van der Waals surface area contributed by atoms with E-state index in [2.05, 4.69) is 26.9 Å². The van der Waals surface area contributed by atoms with Gasteiger partial charge in [0.15, 0.2) is 23.1 Å². The molecule has 1 aromatic carbocycles. The predicted molar refractivity (Wildman–Crippen MR) is 130 cm³/mol. The number of ether oxygens (including phenoxy) is 3. The Hall–Kier alpha value is -3.57. The van der Waals surface area contributed by atoms with Crippen LogP contribution in [-0.4, -0.2) is 64.5 Å². The molecule has 0 atom stereocenters. The number of aliphatic hydroxyl groups excluding tert-OH is 1. The molecule has 0 aliphatic rings. The Morgan fingerprint density at radius 3 is 2.41 bits per heavy atom. The van der Waals surface area contributed by atoms with Gasteiger partial charge in [-0.25, -0.2) is 13.8 Å². The number of guanidine groups is 1. The molecule has 0 bridgehead atoms. The van der Waals surface area contributed by atoms with E-state index >= 15 is 0 Å². The molecule has 0 radical (unpaired) electrons. The summed E-state index contributed by atoms with van der Waals surface area (Å²) in [5, 5.41) is 11.6. The fourth-order valence-corrected chi connectivity index (χ4v) is 2.39. The summed E-state index contributed by atoms with van der Waals surface area (Å²) in [5.41, 5.74) is 7.32. The van der Waals surface area contributed by atoms with E-state index in [1.807, 2.05) is 0 Å². The van der Waals surface area contributed by atoms with Gasteiger partial charge in [-0.15, -0.1) is 0 Å². The largest absolute Gasteiger partial charge is 0.494 e. The molecule has 0 aromatic heterocycles. The number of nitrogens with one attached hydrogen (secondary N) is 1. The average Bonchev–Trinajstić information content (AvgIpc) is 2.83. The number of hydrogen-bond acceptors (Lipinski definition) is 7. The molecule has 0 aliphatic heterocycles. The summed E-state index contributed by atoms with van der Waals surface area (Å²) < 4.78 is 43.8. The van der Waals surface area contributed by atoms with Crippen LogP contribution in [0.5, 0.6) is 11.5 Å². The van der Waals surface area contributed by atoms with Crippen LogP contribution in [0, 0.1) is 11.6 Å². The van der Waals surface area contributed by atoms with E-state index in [1.165, 1.54) is 27.5 Å². The third-order valence-corrected chi connectivity index (χ3v) is 4.23. The normalized spacial score (nSPS) is 13.1. The molecule has 0 saturated heterocycles. The maximum Gasteiger partial charge on any atom is 0.221 e. The lowest BCUT2D eigenvalue weighted by Gasteiger charge is -2.12. The zero-order valence-electron chi connectivity index (χ0n) is 19.8. The van der Waals surface area contributed by atoms with Crippen molar-refractivity contribution in [2.45, 2.75) is 13.5 Å². The van der Waals surface area contributed by atoms with Gasteiger partial charge in [0.1, 0.15) is 0 Å². The minimum Gasteiger partial charge on any atom is -0.494 e. The Bertz CT molecular complexity index is 960. The molecule has 4 N–H and O–H groups in total. The quantitative estimate of drug-likeness (QED) is 0.183. The molecule has 1 rings (SSSR count). The molecule has 186 valence electrons. The van der Waals surface area contributed by atoms with Crippen LogP contribution in [0.25, 0.3) is 0 Å². The van der Waals surface area contributed by atoms with Crippen LogP contribution in [0.15, 0.2) is 56.7 Å². The maximum atomic E-state index is 14.3. The second kappa shape index (κ2) is 15.3. The summed E-state index contributed by atoms with van der Waals surface area (Å²) in [6, 6.07) is 1.13. The molecule has 0 amide bonds. The van der Waals surface area contributed by atoms with Gasteiger partial charge in [0.2, 0.25) is 5.96 Å². The van der Waals surface area contributed by atoms with Crippen molar-refractivity contribution in [1.82, 2.24) is 5.32 Å². The van der Waals surface area contributed by atoms with Gasteiger partial charge in [-0.2, -0.15) is 0 Å². The van der Waals surface area contributed by atoms with Crippen LogP contribution < -0.4 is 20.5 Å². The van der Waals surface area contributed by atoms with Gasteiger partial charge in [-0.1, -0.05) is 6.58 Å². The fourth-order valence-electron chi connectivity index (χ4n) is 2.39. The molecule has 0 saturated carbocycles. The van der Waals surface area contributed by atoms with E-state index in [0.717, 1.165) is 11.6 Å². The third-order valence-electron chi connectivity index (χ3n) is 4.23. The first-order chi connectivity index (χ1) is 16.3. The number of aliphatic imine (C=N–C) groups is 3. The minimum absolute atomic E-state index is 0.0333. The van der Waals surface area contributed by atoms with Crippen molar-refractivity contribution < 1.29 is 28.1 Å². The highest BCUT2D eigenvalue weighted by Gasteiger charge is 2.19. The van der Waals surface area contributed by atoms with Gasteiger partial charge in [-0.3, -0.25) is 9.98 Å². The average molecular weight is 480 g/mol. The van der Waals surface area contributed by atoms with Crippen LogP contribution >= 0.6 is 0 Å². The van der Waals surface area contributed by atoms with Gasteiger partial charge in [0, 0.05) is 36.9 Å². The number of aliphatic hydroxyl groups is 1. The minimum atomic E-state index is -0.860. The Morgan fingerprint density at radius 1 is 1.21 bits per heavy atom. The second-order valence-corrected chi connectivity index (χ2v) is 6.64. The first-order valence-corrected chi connectivity index (χ1v) is 10.2. The number of benzene rings is 1. The van der Waals surface area contributed by atoms with Crippen LogP contribution in [-0.2, 0) is 11.3 Å². The van der Waals surface area contributed by atoms with Crippen molar-refractivity contribution in [2.24, 2.45) is 20.7 Å². The van der Waals surface area contributed by atoms with Crippen LogP contribution in [0.1, 0.15) is 12.5 Å². The highest BCUT2D eigenvalue weighted by molar-refractivity contribution is 5.89. The van der Waals surface area contributed by atoms with Crippen molar-refractivity contribution in [2.75, 3.05) is 41.0 Å². The van der Waals surface area contributed by atoms with Crippen LogP contribution in [0.4, 0.5) is 8.78 Å². The van der Waals surface area contributed by atoms with E-state index < -0.39 is 11.6 Å². The Morgan fingerprint density at radius 2 is 1.85 bits per heavy atom. The number of rotatable bonds is 12. The topological polar surface area (TPSA) is 123 Å². The number of nitrogens with two attached hydrogens (primary N) is 1. The molecule has 0 spiro atoms. The van der Waals surface area contributed by atoms with E-state index in [9.17, 15) is 8.78 Å². The Balaban J connectivity index is 2.66. The summed E-state index contributed by atoms with van der Waals surface area (Å²) >= 11 is 0. The summed E-state index contributed by atoms with van der Waals surface area (Å²) in [7, 11) is 4.07. The van der Waals surface area contributed by atoms with Crippen LogP contribution in [0.3, 0.4) is 0 Å². The predicted octanol–water partition coefficient (Wildman–Crippen LogP) is 2.51. The molecular formula is C23H31F2N5O4. The maximum absolute atomic E-state index is 14.3. The van der Waals surface area contributed by atoms with E-state index in [-0.39, 0.29) is 42.8 Å². The summed E-state index contributed by atoms with van der Waals surface area (Å²) in [5.74, 6) is -1.78. The van der Waals surface area contributed by atoms with Crippen molar-refractivity contribution >= 4 is 18.4 Å². The van der Waals surface area contributed by atoms with E-state index in [0.29, 0.717) is 17.9 Å². The lowest BCUT2D eigenvalue weighted by Crippen LogP contribution is -2.20. The summed E-state index contributed by atoms with van der Waals surface area (Å²) in [6.45, 7) is 5.52. The zero-order chi connectivity index (χ0) is 25.5. The van der Waals surface area contributed by atoms with Gasteiger partial charge >= 0.3 is 0 Å². The van der Waals surface area contributed by atoms with Gasteiger partial charge in [-0.05, 0) is 24.6 Å². The third kappa shape index (κ3) is 9.12. The molecule has 1 aromatic rings. The molecule has 0 heterocycles. The standard InChI is InChI=1S/C23H31F2N5O4/c1-15(13-28-8-10-31)18(26)7-6-16(2)30-23(27-3)29-9-11-34-14-17-21(24)19(32-4)12-20(33-5)22(17)25/h6-7,9,12-13,31H,2,8,10-11,14,26H2,1,3-5H3,(H,27,30)/b7-6-,18-15?,28-13?,29-9?. The number of halogens is 2. The fraction of sp³-hybridized carbons (Fsp3) is 0.348. The molecule has 11 heteroatoms. The van der Waals surface area contributed by atoms with Crippen LogP contribution in [0.2, 0.25) is 0 Å². The highest BCUT2D eigenvalue weighted by atomic mass is 19.1. The number of allylic oxidation sites excluding steroid dienone is 3. The monoisotopic (exact) mass is 479 g/mol. The Labute approximate surface area is 198 Å². The highest BCUT2D eigenvalue weighted by Crippen LogP contribution is 2.31. The number of methoxy groups -OCH3 is 2. The van der Waals surface area contributed by atoms with Crippen molar-refractivity contribution in [3.63, 3.8) is 0 Å². The number of nitrogens with zero attached hydrogens (tertiary/aromatic N) is 3. The van der Waals surface area contributed by atoms with E-state index in [1.54, 1.807) is 25.3 Å². The first kappa shape index (κ1) is 28.5. The summed E-state index contributed by atoms with van der Waals surface area (Å²) in [6.07, 6.45) is 6.24. The van der Waals surface area contributed by atoms with Crippen molar-refractivity contribution in [3.8, 4) is 11.5 Å². The number of hydrogen-bond donors (Lipinski definition) is 3. The molecule has 0 fully saturated rings. The Kier molecular flexibility index (Phi) is 12.8. The van der Waals surface area contributed by atoms with E-state index in [4.69, 9.17) is 25.1 Å². The van der Waals surface area contributed by atoms with Crippen molar-refractivity contribution in [3.05, 3.63) is 59.0 Å². The first-order valence-electron chi connectivity index (χ1n) is 10.2. The summed E-state index contributed by atoms with van der Waals surface area (Å²) in [4.78, 5) is 12.1. The lowest BCUT2D eigenvalue weighted by atomic mass is 10.1. The smallest absolute Gasteiger partial charge is 0.221 e. The lowest BCUT2D eigenvalue weighted by molar-refractivity contribution is 0.152.